The average molecular weight is 1900 g/mol. The van der Waals surface area contributed by atoms with Crippen molar-refractivity contribution in [3.8, 4) is 17.2 Å². The van der Waals surface area contributed by atoms with E-state index in [2.05, 4.69) is 52.8 Å². The number of fused-ring (bicyclic) bond motifs is 1. The second kappa shape index (κ2) is 51.2. The van der Waals surface area contributed by atoms with Crippen LogP contribution in [0.4, 0.5) is 0 Å². The third kappa shape index (κ3) is 31.5. The Labute approximate surface area is 799 Å². The van der Waals surface area contributed by atoms with Gasteiger partial charge in [0.05, 0.1) is 25.3 Å². The Kier molecular flexibility index (Phi) is 39.6. The quantitative estimate of drug-likeness (QED) is 0.0388. The number of nitrogens with one attached hydrogen (secondary N) is 10. The number of hydrogen-bond acceptors (Lipinski definition) is 20. The average Bonchev–Trinajstić information content (AvgIpc) is 1.44. The molecule has 9 rings (SSSR count). The Morgan fingerprint density at radius 3 is 1.34 bits per heavy atom. The van der Waals surface area contributed by atoms with Crippen LogP contribution in [0.5, 0.6) is 17.2 Å². The lowest BCUT2D eigenvalue weighted by molar-refractivity contribution is -0.151. The van der Waals surface area contributed by atoms with Crippen molar-refractivity contribution in [2.45, 2.75) is 184 Å². The van der Waals surface area contributed by atoms with Gasteiger partial charge >= 0.3 is 5.97 Å². The number of para-hydroxylation sites is 1. The van der Waals surface area contributed by atoms with Gasteiger partial charge < -0.3 is 103 Å². The molecule has 1 aromatic heterocycles. The summed E-state index contributed by atoms with van der Waals surface area (Å²) >= 11 is 0.821. The number of primary amides is 1. The number of benzene rings is 7. The number of carboxylic acid groups (broad SMARTS) is 1. The summed E-state index contributed by atoms with van der Waals surface area (Å²) in [6.07, 6.45) is -0.557. The van der Waals surface area contributed by atoms with Gasteiger partial charge in [0.1, 0.15) is 89.8 Å². The first-order chi connectivity index (χ1) is 65.2. The Hall–Kier alpha value is -14.7. The number of H-pyrrole nitrogens is 1. The minimum atomic E-state index is -1.93. The molecule has 15 amide bonds. The molecule has 12 atom stereocenters. The highest BCUT2D eigenvalue weighted by Gasteiger charge is 2.44. The van der Waals surface area contributed by atoms with Crippen LogP contribution >= 0.6 is 11.8 Å². The zero-order valence-electron chi connectivity index (χ0n) is 78.4. The number of carbonyl (C=O) groups is 16. The molecule has 1 aliphatic rings. The van der Waals surface area contributed by atoms with E-state index in [-0.39, 0.29) is 81.0 Å². The molecule has 8 aromatic rings. The van der Waals surface area contributed by atoms with Crippen LogP contribution in [-0.4, -0.2) is 277 Å². The first-order valence-corrected chi connectivity index (χ1v) is 46.5. The number of aromatic hydroxyl groups is 3. The number of carbonyl (C=O) groups excluding carboxylic acids is 15. The topological polar surface area (TPSA) is 520 Å². The summed E-state index contributed by atoms with van der Waals surface area (Å²) in [4.78, 5) is 248. The molecule has 0 radical (unpaired) electrons. The van der Waals surface area contributed by atoms with Crippen molar-refractivity contribution in [3.63, 3.8) is 0 Å². The first kappa shape index (κ1) is 106. The van der Waals surface area contributed by atoms with E-state index in [0.29, 0.717) is 62.7 Å². The molecule has 0 bridgehead atoms. The number of unbranched alkanes of at least 4 members (excludes halogenated alkanes) is 1. The summed E-state index contributed by atoms with van der Waals surface area (Å²) in [6.45, 7) is 6.91. The van der Waals surface area contributed by atoms with Crippen LogP contribution in [0, 0.1) is 11.8 Å². The molecule has 36 nitrogen and oxygen atoms in total. The number of nitrogens with zero attached hydrogens (tertiary/aromatic N) is 5. The Balaban J connectivity index is 1.16. The van der Waals surface area contributed by atoms with E-state index < -0.39 is 204 Å². The molecule has 1 aliphatic heterocycles. The fraction of sp³-hybridized carbons (Fsp3) is 0.400. The number of nitrogens with two attached hydrogens (primary N) is 1. The number of phenols is 3. The van der Waals surface area contributed by atoms with Crippen LogP contribution in [0.15, 0.2) is 194 Å². The van der Waals surface area contributed by atoms with Crippen molar-refractivity contribution in [1.29, 1.82) is 0 Å². The van der Waals surface area contributed by atoms with Crippen LogP contribution in [0.25, 0.3) is 10.9 Å². The van der Waals surface area contributed by atoms with Crippen LogP contribution in [0.2, 0.25) is 0 Å². The van der Waals surface area contributed by atoms with Crippen molar-refractivity contribution in [2.75, 3.05) is 59.8 Å². The Morgan fingerprint density at radius 2 is 0.839 bits per heavy atom. The minimum absolute atomic E-state index is 0.0194. The number of rotatable bonds is 25. The predicted molar refractivity (Wildman–Crippen MR) is 513 cm³/mol. The second-order valence-corrected chi connectivity index (χ2v) is 36.2. The van der Waals surface area contributed by atoms with E-state index in [1.165, 1.54) is 118 Å². The van der Waals surface area contributed by atoms with Gasteiger partial charge in [0, 0.05) is 103 Å². The second-order valence-electron chi connectivity index (χ2n) is 35.1. The fourth-order valence-corrected chi connectivity index (χ4v) is 16.9. The monoisotopic (exact) mass is 1900 g/mol. The molecule has 2 heterocycles. The Morgan fingerprint density at radius 1 is 0.431 bits per heavy atom. The van der Waals surface area contributed by atoms with Gasteiger partial charge in [-0.2, -0.15) is 0 Å². The number of carboxylic acids is 1. The number of likely N-dealkylation sites (N-methyl/N-ethyl adjacent to an activating group) is 5. The highest BCUT2D eigenvalue weighted by atomic mass is 32.2. The molecule has 1 saturated heterocycles. The molecule has 137 heavy (non-hydrogen) atoms. The summed E-state index contributed by atoms with van der Waals surface area (Å²) in [7, 11) is 6.54. The Bertz CT molecular complexity index is 5520. The van der Waals surface area contributed by atoms with Crippen molar-refractivity contribution >= 4 is 117 Å². The van der Waals surface area contributed by atoms with Gasteiger partial charge in [-0.25, -0.2) is 0 Å². The molecule has 0 saturated carbocycles. The van der Waals surface area contributed by atoms with Gasteiger partial charge in [-0.3, -0.25) is 76.7 Å². The smallest absolute Gasteiger partial charge is 0.305 e. The van der Waals surface area contributed by atoms with Crippen LogP contribution in [-0.2, 0) is 122 Å². The number of aromatic amines is 1. The first-order valence-electron chi connectivity index (χ1n) is 45.3. The van der Waals surface area contributed by atoms with Crippen molar-refractivity contribution in [3.05, 3.63) is 233 Å². The molecular weight excluding hydrogens is 1780 g/mol. The lowest BCUT2D eigenvalue weighted by atomic mass is 9.97. The molecule has 1 unspecified atom stereocenters. The number of hydrogen-bond donors (Lipinski definition) is 15. The summed E-state index contributed by atoms with van der Waals surface area (Å²) in [5, 5.41) is 66.8. The maximum Gasteiger partial charge on any atom is 0.305 e. The standard InChI is InChI=1S/C100H124N16O20S/c1-11-12-32-80-98(134)112(6)56-85(121)104-76(53-87(123)124)93(129)111-88(60(4)5)100(136)115(9)82(49-62-26-18-14-19-27-62)95(131)109-78(48-65-35-41-69(118)42-36-65)97(133)114(8)81(50-66-37-43-70(119)44-38-66)94(130)108-75(52-67-54-102-72-31-23-22-30-71(67)72)92(128)107-74(46-64-33-39-68(117)40-34-64)91(127)106-73(45-59(2)3)90(126)110-79(89(125)103-55-84(101)120)57-137-58-86(122)105-77(47-61-24-16-13-17-25-61)96(132)116(10)83(99(135)113(80)7)51-63-28-20-15-21-29-63/h13-31,33-44,54,59-60,73-83,88,102,117-119H,11-12,32,45-53,55-58H2,1-10H3,(H2,101,120)(H,103,125)(H,104,121)(H,105,122)(H,106,127)(H,107,128)(H,108,130)(H,109,131)(H,110,126)(H,111,129)(H,123,124)/t73-,74-,75-,76-,77-,78-,79-,80-,81-,82-,83-,88?/m0/s1. The lowest BCUT2D eigenvalue weighted by Crippen LogP contribution is -2.62. The highest BCUT2D eigenvalue weighted by molar-refractivity contribution is 8.00. The molecule has 0 spiro atoms. The molecule has 7 aromatic carbocycles. The normalized spacial score (nSPS) is 21.8. The number of phenolic OH excluding ortho intramolecular Hbond substituents is 3. The van der Waals surface area contributed by atoms with E-state index in [9.17, 15) is 49.2 Å². The summed E-state index contributed by atoms with van der Waals surface area (Å²) in [5.74, 6) is -18.1. The van der Waals surface area contributed by atoms with Gasteiger partial charge in [-0.15, -0.1) is 11.8 Å². The van der Waals surface area contributed by atoms with Crippen molar-refractivity contribution in [1.82, 2.24) is 77.3 Å². The van der Waals surface area contributed by atoms with E-state index in [4.69, 9.17) is 5.73 Å². The number of aliphatic carboxylic acids is 1. The van der Waals surface area contributed by atoms with Gasteiger partial charge in [-0.1, -0.05) is 193 Å². The zero-order valence-corrected chi connectivity index (χ0v) is 79.2. The SMILES string of the molecule is CCCC[C@H]1C(=O)N(C)CC(=O)N[C@@H](CC(=O)O)C(=O)NC(C(C)C)C(=O)N(C)[C@@H](Cc2ccccc2)C(=O)N[C@@H](Cc2ccc(O)cc2)C(=O)N(C)[C@@H](Cc2ccc(O)cc2)C(=O)N[C@@H](Cc2c[nH]c3ccccc23)C(=O)N[C@@H](Cc2ccc(O)cc2)C(=O)N[C@@H](CC(C)C)C(=O)N[C@H](C(=O)NCC(N)=O)CSCC(=O)N[C@@H](Cc2ccccc2)C(=O)N(C)[C@@H](Cc2ccccc2)C(=O)N1C. The maximum atomic E-state index is 16.1. The maximum absolute atomic E-state index is 16.1. The summed E-state index contributed by atoms with van der Waals surface area (Å²) < 4.78 is 0. The van der Waals surface area contributed by atoms with Gasteiger partial charge in [0.2, 0.25) is 88.6 Å². The van der Waals surface area contributed by atoms with Crippen LogP contribution in [0.3, 0.4) is 0 Å². The predicted octanol–water partition coefficient (Wildman–Crippen LogP) is 3.64. The molecule has 0 aliphatic carbocycles. The number of aromatic nitrogens is 1. The number of amides is 15. The minimum Gasteiger partial charge on any atom is -0.508 e. The summed E-state index contributed by atoms with van der Waals surface area (Å²) in [5.41, 5.74) is 9.35. The van der Waals surface area contributed by atoms with E-state index in [1.807, 2.05) is 6.92 Å². The molecule has 37 heteroatoms. The summed E-state index contributed by atoms with van der Waals surface area (Å²) in [6, 6.07) is 30.7. The fourth-order valence-electron chi connectivity index (χ4n) is 16.1. The van der Waals surface area contributed by atoms with E-state index in [1.54, 1.807) is 149 Å². The highest BCUT2D eigenvalue weighted by Crippen LogP contribution is 2.26. The van der Waals surface area contributed by atoms with Gasteiger partial charge in [-0.05, 0) is 106 Å². The van der Waals surface area contributed by atoms with E-state index >= 15 is 47.9 Å². The van der Waals surface area contributed by atoms with Crippen LogP contribution in [0.1, 0.15) is 106 Å². The molecule has 1 fully saturated rings. The van der Waals surface area contributed by atoms with E-state index in [0.717, 1.165) is 26.5 Å². The molecule has 730 valence electrons. The molecular formula is C100H124N16O20S. The molecule has 16 N–H and O–H groups in total. The van der Waals surface area contributed by atoms with Gasteiger partial charge in [0.15, 0.2) is 0 Å². The van der Waals surface area contributed by atoms with Gasteiger partial charge in [0.25, 0.3) is 0 Å². The third-order valence-electron chi connectivity index (χ3n) is 23.8. The lowest BCUT2D eigenvalue weighted by Gasteiger charge is -2.37. The zero-order chi connectivity index (χ0) is 99.9. The van der Waals surface area contributed by atoms with Crippen molar-refractivity contribution < 1.29 is 97.1 Å². The van der Waals surface area contributed by atoms with Crippen LogP contribution < -0.4 is 53.6 Å². The largest absolute Gasteiger partial charge is 0.508 e. The third-order valence-corrected chi connectivity index (χ3v) is 24.8. The van der Waals surface area contributed by atoms with Crippen molar-refractivity contribution in [2.24, 2.45) is 17.6 Å². The number of thioether (sulfide) groups is 1.